The molecule has 98 valence electrons. The fraction of sp³-hybridized carbons (Fsp3) is 0.200. The second-order valence-corrected chi connectivity index (χ2v) is 3.04. The summed E-state index contributed by atoms with van der Waals surface area (Å²) in [4.78, 5) is 7.58. The molecular weight excluding hydrogens is 238 g/mol. The molecule has 0 amide bonds. The van der Waals surface area contributed by atoms with E-state index >= 15 is 0 Å². The number of fused-ring (bicyclic) bond motifs is 1. The van der Waals surface area contributed by atoms with Gasteiger partial charge in [-0.2, -0.15) is 4.99 Å². The van der Waals surface area contributed by atoms with E-state index in [9.17, 15) is 0 Å². The summed E-state index contributed by atoms with van der Waals surface area (Å²) in [6.07, 6.45) is 0. The van der Waals surface area contributed by atoms with Crippen molar-refractivity contribution in [1.29, 1.82) is 0 Å². The minimum Gasteiger partial charge on any atom is -0.454 e. The number of hydrogen-bond acceptors (Lipinski definition) is 4. The van der Waals surface area contributed by atoms with E-state index in [1.54, 1.807) is 18.2 Å². The van der Waals surface area contributed by atoms with Crippen LogP contribution in [0.4, 0.5) is 5.69 Å². The van der Waals surface area contributed by atoms with Gasteiger partial charge in [0.15, 0.2) is 17.5 Å². The summed E-state index contributed by atoms with van der Waals surface area (Å²) in [5.74, 6) is 1.15. The summed E-state index contributed by atoms with van der Waals surface area (Å²) >= 11 is 0. The van der Waals surface area contributed by atoms with E-state index in [-0.39, 0.29) is 18.7 Å². The lowest BCUT2D eigenvalue weighted by molar-refractivity contribution is 0.174. The lowest BCUT2D eigenvalue weighted by Crippen LogP contribution is -2.26. The normalized spacial score (nSPS) is 12.4. The van der Waals surface area contributed by atoms with E-state index in [1.807, 2.05) is 0 Å². The Morgan fingerprint density at radius 1 is 1.17 bits per heavy atom. The maximum absolute atomic E-state index is 7.00. The largest absolute Gasteiger partial charge is 0.454 e. The number of hydrogen-bond donors (Lipinski definition) is 4. The number of aliphatic imine (C=N–C) groups is 2. The van der Waals surface area contributed by atoms with Crippen molar-refractivity contribution in [2.45, 2.75) is 0 Å². The van der Waals surface area contributed by atoms with Crippen molar-refractivity contribution in [3.05, 3.63) is 18.2 Å². The topological polar surface area (TPSA) is 141 Å². The zero-order valence-electron chi connectivity index (χ0n) is 9.83. The van der Waals surface area contributed by atoms with Gasteiger partial charge in [0.1, 0.15) is 0 Å². The van der Waals surface area contributed by atoms with Crippen LogP contribution in [0, 0.1) is 0 Å². The fourth-order valence-electron chi connectivity index (χ4n) is 1.24. The molecule has 0 spiro atoms. The van der Waals surface area contributed by atoms with Gasteiger partial charge in [0.25, 0.3) is 0 Å². The van der Waals surface area contributed by atoms with Gasteiger partial charge >= 0.3 is 0 Å². The minimum atomic E-state index is -0.137. The van der Waals surface area contributed by atoms with Gasteiger partial charge in [0.2, 0.25) is 12.8 Å². The number of nitrogens with two attached hydrogens (primary N) is 3. The van der Waals surface area contributed by atoms with Crippen LogP contribution in [0.2, 0.25) is 0 Å². The van der Waals surface area contributed by atoms with Gasteiger partial charge < -0.3 is 31.8 Å². The van der Waals surface area contributed by atoms with Crippen molar-refractivity contribution < 1.29 is 14.6 Å². The molecule has 0 atom stereocenters. The Kier molecular flexibility index (Phi) is 4.76. The van der Waals surface area contributed by atoms with E-state index in [4.69, 9.17) is 31.8 Å². The Morgan fingerprint density at radius 3 is 2.50 bits per heavy atom. The molecule has 0 saturated heterocycles. The van der Waals surface area contributed by atoms with Gasteiger partial charge in [-0.15, -0.1) is 0 Å². The van der Waals surface area contributed by atoms with Crippen molar-refractivity contribution in [3.8, 4) is 11.5 Å². The highest BCUT2D eigenvalue weighted by Gasteiger charge is 2.12. The molecule has 8 heteroatoms. The molecule has 0 unspecified atom stereocenters. The Morgan fingerprint density at radius 2 is 1.83 bits per heavy atom. The van der Waals surface area contributed by atoms with Crippen LogP contribution in [0.15, 0.2) is 28.2 Å². The first kappa shape index (κ1) is 13.6. The first-order chi connectivity index (χ1) is 8.65. The summed E-state index contributed by atoms with van der Waals surface area (Å²) in [6.45, 7) is 0.214. The Labute approximate surface area is 104 Å². The Balaban J connectivity index is 0.000000771. The monoisotopic (exact) mass is 253 g/mol. The molecule has 0 fully saturated rings. The highest BCUT2D eigenvalue weighted by molar-refractivity contribution is 5.93. The van der Waals surface area contributed by atoms with Crippen molar-refractivity contribution >= 4 is 17.6 Å². The standard InChI is InChI=1S/C9H11N5O2.CH4O/c10-8(11)14-9(12)13-5-1-2-6-7(3-5)16-4-15-6;1-2/h1-3H,4H2,(H6,10,11,12,13,14);2H,1H3. The van der Waals surface area contributed by atoms with Crippen LogP contribution in [0.25, 0.3) is 0 Å². The van der Waals surface area contributed by atoms with Gasteiger partial charge in [-0.05, 0) is 12.1 Å². The van der Waals surface area contributed by atoms with Crippen LogP contribution < -0.4 is 26.7 Å². The average Bonchev–Trinajstić information content (AvgIpc) is 2.77. The molecule has 7 N–H and O–H groups in total. The van der Waals surface area contributed by atoms with E-state index in [0.29, 0.717) is 17.2 Å². The average molecular weight is 253 g/mol. The molecule has 18 heavy (non-hydrogen) atoms. The summed E-state index contributed by atoms with van der Waals surface area (Å²) < 4.78 is 10.3. The number of aliphatic hydroxyl groups is 1. The maximum Gasteiger partial charge on any atom is 0.231 e. The molecular formula is C10H15N5O3. The van der Waals surface area contributed by atoms with E-state index in [0.717, 1.165) is 7.11 Å². The molecule has 1 aliphatic heterocycles. The number of benzene rings is 1. The van der Waals surface area contributed by atoms with Gasteiger partial charge in [-0.3, -0.25) is 0 Å². The molecule has 0 radical (unpaired) electrons. The van der Waals surface area contributed by atoms with Crippen LogP contribution in [0.1, 0.15) is 0 Å². The molecule has 0 bridgehead atoms. The number of rotatable bonds is 1. The number of aliphatic hydroxyl groups excluding tert-OH is 1. The highest BCUT2D eigenvalue weighted by atomic mass is 16.7. The second kappa shape index (κ2) is 6.30. The first-order valence-electron chi connectivity index (χ1n) is 4.93. The predicted octanol–water partition coefficient (Wildman–Crippen LogP) is -0.757. The lowest BCUT2D eigenvalue weighted by atomic mass is 10.3. The summed E-state index contributed by atoms with van der Waals surface area (Å²) in [6, 6.07) is 5.16. The summed E-state index contributed by atoms with van der Waals surface area (Å²) in [5.41, 5.74) is 16.4. The minimum absolute atomic E-state index is 0.0149. The van der Waals surface area contributed by atoms with Gasteiger partial charge in [0.05, 0.1) is 5.69 Å². The zero-order chi connectivity index (χ0) is 13.5. The summed E-state index contributed by atoms with van der Waals surface area (Å²) in [5, 5.41) is 7.00. The first-order valence-corrected chi connectivity index (χ1v) is 4.93. The lowest BCUT2D eigenvalue weighted by Gasteiger charge is -1.98. The highest BCUT2D eigenvalue weighted by Crippen LogP contribution is 2.35. The molecule has 2 rings (SSSR count). The van der Waals surface area contributed by atoms with Crippen LogP contribution in [0.5, 0.6) is 11.5 Å². The van der Waals surface area contributed by atoms with Crippen molar-refractivity contribution in [2.24, 2.45) is 27.2 Å². The van der Waals surface area contributed by atoms with Crippen LogP contribution in [0.3, 0.4) is 0 Å². The molecule has 1 aromatic carbocycles. The van der Waals surface area contributed by atoms with Crippen LogP contribution in [-0.2, 0) is 0 Å². The molecule has 1 heterocycles. The van der Waals surface area contributed by atoms with Crippen molar-refractivity contribution in [3.63, 3.8) is 0 Å². The fourth-order valence-corrected chi connectivity index (χ4v) is 1.24. The van der Waals surface area contributed by atoms with E-state index in [1.165, 1.54) is 0 Å². The number of nitrogens with zero attached hydrogens (tertiary/aromatic N) is 2. The quantitative estimate of drug-likeness (QED) is 0.383. The number of guanidine groups is 2. The molecule has 1 aromatic rings. The van der Waals surface area contributed by atoms with Gasteiger partial charge in [0, 0.05) is 13.2 Å². The van der Waals surface area contributed by atoms with Crippen LogP contribution in [-0.4, -0.2) is 30.9 Å². The SMILES string of the molecule is CO.NC(N)=NC(N)=Nc1ccc2c(c1)OCO2. The maximum atomic E-state index is 7.00. The van der Waals surface area contributed by atoms with E-state index < -0.39 is 0 Å². The van der Waals surface area contributed by atoms with Crippen molar-refractivity contribution in [1.82, 2.24) is 0 Å². The van der Waals surface area contributed by atoms with Gasteiger partial charge in [-0.1, -0.05) is 0 Å². The second-order valence-electron chi connectivity index (χ2n) is 3.04. The zero-order valence-corrected chi connectivity index (χ0v) is 9.83. The third-order valence-corrected chi connectivity index (χ3v) is 1.84. The third-order valence-electron chi connectivity index (χ3n) is 1.84. The molecule has 0 saturated carbocycles. The Bertz CT molecular complexity index is 469. The third kappa shape index (κ3) is 3.52. The molecule has 1 aliphatic rings. The number of ether oxygens (including phenoxy) is 2. The van der Waals surface area contributed by atoms with Crippen molar-refractivity contribution in [2.75, 3.05) is 13.9 Å². The molecule has 0 aliphatic carbocycles. The van der Waals surface area contributed by atoms with E-state index in [2.05, 4.69) is 9.98 Å². The molecule has 0 aromatic heterocycles. The Hall–Kier alpha value is -2.48. The van der Waals surface area contributed by atoms with Gasteiger partial charge in [-0.25, -0.2) is 4.99 Å². The predicted molar refractivity (Wildman–Crippen MR) is 67.8 cm³/mol. The molecule has 8 nitrogen and oxygen atoms in total. The summed E-state index contributed by atoms with van der Waals surface area (Å²) in [7, 11) is 1.00. The van der Waals surface area contributed by atoms with Crippen LogP contribution >= 0.6 is 0 Å². The smallest absolute Gasteiger partial charge is 0.231 e.